The minimum atomic E-state index is -0.0691. The molecular formula is C15H18N2O2. The molecule has 1 aromatic heterocycles. The van der Waals surface area contributed by atoms with Crippen LogP contribution in [0.1, 0.15) is 29.8 Å². The third kappa shape index (κ3) is 2.49. The topological polar surface area (TPSA) is 65.1 Å². The summed E-state index contributed by atoms with van der Waals surface area (Å²) in [5.74, 6) is -0.0691. The number of H-pyrrole nitrogens is 1. The predicted molar refractivity (Wildman–Crippen MR) is 74.0 cm³/mol. The fourth-order valence-electron chi connectivity index (χ4n) is 2.49. The average molecular weight is 258 g/mol. The van der Waals surface area contributed by atoms with Gasteiger partial charge < -0.3 is 15.4 Å². The maximum absolute atomic E-state index is 12.1. The lowest BCUT2D eigenvalue weighted by atomic mass is 10.0. The third-order valence-corrected chi connectivity index (χ3v) is 4.00. The molecule has 1 heterocycles. The normalized spacial score (nSPS) is 16.5. The summed E-state index contributed by atoms with van der Waals surface area (Å²) in [6.45, 7) is 0.851. The highest BCUT2D eigenvalue weighted by Crippen LogP contribution is 2.47. The summed E-state index contributed by atoms with van der Waals surface area (Å²) in [5, 5.41) is 13.0. The molecule has 2 aromatic rings. The van der Waals surface area contributed by atoms with Gasteiger partial charge in [0.2, 0.25) is 0 Å². The summed E-state index contributed by atoms with van der Waals surface area (Å²) in [6, 6.07) is 9.71. The number of aliphatic hydroxyl groups is 1. The third-order valence-electron chi connectivity index (χ3n) is 4.00. The van der Waals surface area contributed by atoms with Gasteiger partial charge in [0.1, 0.15) is 5.69 Å². The van der Waals surface area contributed by atoms with E-state index in [4.69, 9.17) is 5.11 Å². The zero-order valence-electron chi connectivity index (χ0n) is 10.8. The Morgan fingerprint density at radius 1 is 1.37 bits per heavy atom. The Morgan fingerprint density at radius 3 is 2.84 bits per heavy atom. The molecule has 1 aromatic carbocycles. The van der Waals surface area contributed by atoms with Crippen LogP contribution in [0.15, 0.2) is 30.3 Å². The molecule has 0 atom stereocenters. The van der Waals surface area contributed by atoms with Gasteiger partial charge in [-0.25, -0.2) is 0 Å². The van der Waals surface area contributed by atoms with Crippen LogP contribution in [0.25, 0.3) is 10.9 Å². The summed E-state index contributed by atoms with van der Waals surface area (Å²) in [5.41, 5.74) is 1.72. The van der Waals surface area contributed by atoms with Crippen LogP contribution in [-0.4, -0.2) is 29.1 Å². The first kappa shape index (κ1) is 12.2. The largest absolute Gasteiger partial charge is 0.396 e. The van der Waals surface area contributed by atoms with Gasteiger partial charge in [-0.05, 0) is 36.8 Å². The SMILES string of the molecule is O=C(NCC1(CCO)CC1)c1cc2ccccc2[nH]1. The maximum atomic E-state index is 12.1. The maximum Gasteiger partial charge on any atom is 0.267 e. The van der Waals surface area contributed by atoms with Gasteiger partial charge in [0.15, 0.2) is 0 Å². The van der Waals surface area contributed by atoms with E-state index in [2.05, 4.69) is 10.3 Å². The molecule has 1 aliphatic rings. The van der Waals surface area contributed by atoms with E-state index >= 15 is 0 Å². The number of hydrogen-bond acceptors (Lipinski definition) is 2. The Bertz CT molecular complexity index is 566. The highest BCUT2D eigenvalue weighted by molar-refractivity contribution is 5.97. The number of hydrogen-bond donors (Lipinski definition) is 3. The first-order valence-corrected chi connectivity index (χ1v) is 6.69. The number of benzene rings is 1. The number of carbonyl (C=O) groups excluding carboxylic acids is 1. The van der Waals surface area contributed by atoms with Crippen molar-refractivity contribution in [2.24, 2.45) is 5.41 Å². The molecule has 3 rings (SSSR count). The second-order valence-electron chi connectivity index (χ2n) is 5.43. The second kappa shape index (κ2) is 4.70. The molecule has 0 aliphatic heterocycles. The predicted octanol–water partition coefficient (Wildman–Crippen LogP) is 2.06. The quantitative estimate of drug-likeness (QED) is 0.768. The van der Waals surface area contributed by atoms with Crippen molar-refractivity contribution in [3.05, 3.63) is 36.0 Å². The molecule has 0 radical (unpaired) electrons. The van der Waals surface area contributed by atoms with Gasteiger partial charge in [-0.1, -0.05) is 18.2 Å². The molecule has 4 heteroatoms. The molecule has 100 valence electrons. The second-order valence-corrected chi connectivity index (χ2v) is 5.43. The molecule has 3 N–H and O–H groups in total. The zero-order valence-corrected chi connectivity index (χ0v) is 10.8. The fourth-order valence-corrected chi connectivity index (χ4v) is 2.49. The van der Waals surface area contributed by atoms with Crippen LogP contribution in [0.4, 0.5) is 0 Å². The van der Waals surface area contributed by atoms with E-state index < -0.39 is 0 Å². The summed E-state index contributed by atoms with van der Waals surface area (Å²) in [4.78, 5) is 15.2. The van der Waals surface area contributed by atoms with Crippen LogP contribution >= 0.6 is 0 Å². The molecule has 0 saturated heterocycles. The van der Waals surface area contributed by atoms with Gasteiger partial charge in [0, 0.05) is 24.1 Å². The van der Waals surface area contributed by atoms with Crippen LogP contribution in [0.3, 0.4) is 0 Å². The van der Waals surface area contributed by atoms with Crippen molar-refractivity contribution in [3.8, 4) is 0 Å². The Kier molecular flexibility index (Phi) is 3.03. The lowest BCUT2D eigenvalue weighted by Gasteiger charge is -2.13. The van der Waals surface area contributed by atoms with E-state index in [1.165, 1.54) is 0 Å². The minimum absolute atomic E-state index is 0.0691. The number of aromatic nitrogens is 1. The van der Waals surface area contributed by atoms with E-state index in [1.807, 2.05) is 30.3 Å². The number of nitrogens with one attached hydrogen (secondary N) is 2. The fraction of sp³-hybridized carbons (Fsp3) is 0.400. The Morgan fingerprint density at radius 2 is 2.16 bits per heavy atom. The van der Waals surface area contributed by atoms with Crippen LogP contribution in [0, 0.1) is 5.41 Å². The first-order chi connectivity index (χ1) is 9.22. The van der Waals surface area contributed by atoms with Gasteiger partial charge in [0.05, 0.1) is 0 Å². The number of fused-ring (bicyclic) bond motifs is 1. The summed E-state index contributed by atoms with van der Waals surface area (Å²) in [6.07, 6.45) is 2.97. The van der Waals surface area contributed by atoms with E-state index in [9.17, 15) is 4.79 Å². The van der Waals surface area contributed by atoms with Crippen molar-refractivity contribution in [2.75, 3.05) is 13.2 Å². The number of rotatable bonds is 5. The van der Waals surface area contributed by atoms with E-state index in [-0.39, 0.29) is 17.9 Å². The Labute approximate surface area is 111 Å². The number of carbonyl (C=O) groups is 1. The number of aromatic amines is 1. The van der Waals surface area contributed by atoms with E-state index in [1.54, 1.807) is 0 Å². The monoisotopic (exact) mass is 258 g/mol. The van der Waals surface area contributed by atoms with Gasteiger partial charge >= 0.3 is 0 Å². The molecule has 1 aliphatic carbocycles. The highest BCUT2D eigenvalue weighted by atomic mass is 16.3. The van der Waals surface area contributed by atoms with Crippen LogP contribution in [0.5, 0.6) is 0 Å². The Balaban J connectivity index is 1.67. The molecule has 1 saturated carbocycles. The molecule has 19 heavy (non-hydrogen) atoms. The molecule has 0 unspecified atom stereocenters. The van der Waals surface area contributed by atoms with Crippen LogP contribution < -0.4 is 5.32 Å². The van der Waals surface area contributed by atoms with E-state index in [0.29, 0.717) is 12.2 Å². The zero-order chi connectivity index (χ0) is 13.3. The molecule has 1 amide bonds. The first-order valence-electron chi connectivity index (χ1n) is 6.69. The molecular weight excluding hydrogens is 240 g/mol. The highest BCUT2D eigenvalue weighted by Gasteiger charge is 2.41. The molecule has 0 spiro atoms. The molecule has 4 nitrogen and oxygen atoms in total. The van der Waals surface area contributed by atoms with Crippen molar-refractivity contribution >= 4 is 16.8 Å². The van der Waals surface area contributed by atoms with Gasteiger partial charge in [0.25, 0.3) is 5.91 Å². The van der Waals surface area contributed by atoms with Gasteiger partial charge in [-0.2, -0.15) is 0 Å². The smallest absolute Gasteiger partial charge is 0.267 e. The molecule has 0 bridgehead atoms. The van der Waals surface area contributed by atoms with Crippen LogP contribution in [-0.2, 0) is 0 Å². The van der Waals surface area contributed by atoms with Crippen molar-refractivity contribution in [3.63, 3.8) is 0 Å². The molecule has 1 fully saturated rings. The Hall–Kier alpha value is -1.81. The number of para-hydroxylation sites is 1. The van der Waals surface area contributed by atoms with Crippen molar-refractivity contribution in [2.45, 2.75) is 19.3 Å². The summed E-state index contributed by atoms with van der Waals surface area (Å²) in [7, 11) is 0. The van der Waals surface area contributed by atoms with E-state index in [0.717, 1.165) is 30.2 Å². The van der Waals surface area contributed by atoms with Crippen molar-refractivity contribution < 1.29 is 9.90 Å². The lowest BCUT2D eigenvalue weighted by Crippen LogP contribution is -2.30. The number of amides is 1. The average Bonchev–Trinajstić information content (AvgIpc) is 3.04. The van der Waals surface area contributed by atoms with Crippen molar-refractivity contribution in [1.29, 1.82) is 0 Å². The van der Waals surface area contributed by atoms with Crippen LogP contribution in [0.2, 0.25) is 0 Å². The number of aliphatic hydroxyl groups excluding tert-OH is 1. The summed E-state index contributed by atoms with van der Waals surface area (Å²) >= 11 is 0. The van der Waals surface area contributed by atoms with Gasteiger partial charge in [-0.15, -0.1) is 0 Å². The minimum Gasteiger partial charge on any atom is -0.396 e. The lowest BCUT2D eigenvalue weighted by molar-refractivity contribution is 0.0936. The summed E-state index contributed by atoms with van der Waals surface area (Å²) < 4.78 is 0. The van der Waals surface area contributed by atoms with Crippen molar-refractivity contribution in [1.82, 2.24) is 10.3 Å². The standard InChI is InChI=1S/C15H18N2O2/c18-8-7-15(5-6-15)10-16-14(19)13-9-11-3-1-2-4-12(11)17-13/h1-4,9,17-18H,5-8,10H2,(H,16,19). The van der Waals surface area contributed by atoms with Gasteiger partial charge in [-0.3, -0.25) is 4.79 Å².